The van der Waals surface area contributed by atoms with Gasteiger partial charge < -0.3 is 4.90 Å². The Balaban J connectivity index is 0.000000184. The van der Waals surface area contributed by atoms with Crippen molar-refractivity contribution in [1.29, 1.82) is 5.26 Å². The van der Waals surface area contributed by atoms with Crippen LogP contribution in [0.3, 0.4) is 0 Å². The van der Waals surface area contributed by atoms with Gasteiger partial charge in [0, 0.05) is 24.6 Å². The highest BCUT2D eigenvalue weighted by Gasteiger charge is 2.09. The van der Waals surface area contributed by atoms with E-state index in [1.807, 2.05) is 60.6 Å². The molecule has 3 heteroatoms. The molecule has 0 amide bonds. The third-order valence-electron chi connectivity index (χ3n) is 2.63. The second-order valence-corrected chi connectivity index (χ2v) is 3.81. The van der Waals surface area contributed by atoms with E-state index in [4.69, 9.17) is 5.26 Å². The van der Waals surface area contributed by atoms with Crippen LogP contribution in [0.15, 0.2) is 48.8 Å². The van der Waals surface area contributed by atoms with Crippen molar-refractivity contribution in [2.45, 2.75) is 26.3 Å². The van der Waals surface area contributed by atoms with Crippen molar-refractivity contribution in [2.24, 2.45) is 0 Å². The Kier molecular flexibility index (Phi) is 6.27. The lowest BCUT2D eigenvalue weighted by atomic mass is 10.2. The molecular formula is C15H19N3. The molecule has 2 rings (SSSR count). The maximum Gasteiger partial charge on any atom is 0.135 e. The van der Waals surface area contributed by atoms with Crippen molar-refractivity contribution in [3.63, 3.8) is 0 Å². The number of aryl methyl sites for hydroxylation is 1. The van der Waals surface area contributed by atoms with Gasteiger partial charge in [0.25, 0.3) is 0 Å². The first-order valence-electron chi connectivity index (χ1n) is 6.22. The minimum atomic E-state index is -0.0602. The van der Waals surface area contributed by atoms with E-state index in [0.29, 0.717) is 0 Å². The molecule has 0 bridgehead atoms. The average Bonchev–Trinajstić information content (AvgIpc) is 2.48. The molecule has 0 radical (unpaired) electrons. The molecule has 1 atom stereocenters. The first-order chi connectivity index (χ1) is 8.81. The molecule has 3 nitrogen and oxygen atoms in total. The van der Waals surface area contributed by atoms with Gasteiger partial charge in [-0.2, -0.15) is 5.26 Å². The Morgan fingerprint density at radius 1 is 1.33 bits per heavy atom. The van der Waals surface area contributed by atoms with Crippen LogP contribution in [0.2, 0.25) is 0 Å². The van der Waals surface area contributed by atoms with Crippen molar-refractivity contribution in [1.82, 2.24) is 9.88 Å². The fourth-order valence-corrected chi connectivity index (χ4v) is 1.56. The summed E-state index contributed by atoms with van der Waals surface area (Å²) in [4.78, 5) is 6.08. The van der Waals surface area contributed by atoms with Gasteiger partial charge in [-0.15, -0.1) is 0 Å². The molecule has 1 aliphatic heterocycles. The monoisotopic (exact) mass is 241 g/mol. The van der Waals surface area contributed by atoms with Crippen molar-refractivity contribution in [3.05, 3.63) is 54.5 Å². The van der Waals surface area contributed by atoms with Gasteiger partial charge in [0.05, 0.1) is 6.07 Å². The summed E-state index contributed by atoms with van der Waals surface area (Å²) < 4.78 is 0. The normalized spacial score (nSPS) is 16.7. The average molecular weight is 241 g/mol. The molecule has 2 heterocycles. The van der Waals surface area contributed by atoms with Crippen LogP contribution in [0.5, 0.6) is 0 Å². The van der Waals surface area contributed by atoms with Crippen molar-refractivity contribution in [3.8, 4) is 6.07 Å². The molecule has 0 N–H and O–H groups in total. The smallest absolute Gasteiger partial charge is 0.135 e. The van der Waals surface area contributed by atoms with E-state index in [-0.39, 0.29) is 6.04 Å². The Morgan fingerprint density at radius 3 is 2.61 bits per heavy atom. The summed E-state index contributed by atoms with van der Waals surface area (Å²) in [6.45, 7) is 5.02. The molecule has 94 valence electrons. The lowest BCUT2D eigenvalue weighted by molar-refractivity contribution is 0.381. The van der Waals surface area contributed by atoms with Crippen LogP contribution in [0, 0.1) is 11.3 Å². The Hall–Kier alpha value is -2.08. The third kappa shape index (κ3) is 4.42. The van der Waals surface area contributed by atoms with E-state index in [1.54, 1.807) is 0 Å². The number of nitrogens with zero attached hydrogens (tertiary/aromatic N) is 3. The number of hydrogen-bond acceptors (Lipinski definition) is 3. The molecule has 0 aliphatic carbocycles. The van der Waals surface area contributed by atoms with Crippen LogP contribution in [0.4, 0.5) is 0 Å². The fourth-order valence-electron chi connectivity index (χ4n) is 1.56. The molecule has 0 aromatic carbocycles. The number of rotatable bonds is 2. The van der Waals surface area contributed by atoms with Gasteiger partial charge in [0.1, 0.15) is 6.04 Å². The van der Waals surface area contributed by atoms with Gasteiger partial charge >= 0.3 is 0 Å². The molecule has 0 fully saturated rings. The number of likely N-dealkylation sites (N-methyl/N-ethyl adjacent to an activating group) is 1. The van der Waals surface area contributed by atoms with E-state index in [0.717, 1.165) is 18.7 Å². The number of nitriles is 1. The lowest BCUT2D eigenvalue weighted by Gasteiger charge is -2.23. The molecule has 1 aliphatic rings. The Morgan fingerprint density at radius 2 is 2.17 bits per heavy atom. The number of allylic oxidation sites excluding steroid dienone is 2. The maximum atomic E-state index is 8.62. The summed E-state index contributed by atoms with van der Waals surface area (Å²) >= 11 is 0. The van der Waals surface area contributed by atoms with Gasteiger partial charge in [-0.3, -0.25) is 4.98 Å². The van der Waals surface area contributed by atoms with Crippen LogP contribution >= 0.6 is 0 Å². The quantitative estimate of drug-likeness (QED) is 0.799. The molecule has 0 spiro atoms. The van der Waals surface area contributed by atoms with Gasteiger partial charge in [-0.1, -0.05) is 19.1 Å². The van der Waals surface area contributed by atoms with Gasteiger partial charge in [0.15, 0.2) is 0 Å². The van der Waals surface area contributed by atoms with E-state index >= 15 is 0 Å². The van der Waals surface area contributed by atoms with Crippen LogP contribution in [-0.2, 0) is 6.42 Å². The first kappa shape index (κ1) is 14.0. The van der Waals surface area contributed by atoms with E-state index in [9.17, 15) is 0 Å². The highest BCUT2D eigenvalue weighted by Crippen LogP contribution is 2.05. The molecule has 1 aromatic rings. The van der Waals surface area contributed by atoms with Gasteiger partial charge in [-0.05, 0) is 37.6 Å². The largest absolute Gasteiger partial charge is 0.359 e. The number of aromatic nitrogens is 1. The van der Waals surface area contributed by atoms with Gasteiger partial charge in [-0.25, -0.2) is 0 Å². The number of pyridine rings is 1. The lowest BCUT2D eigenvalue weighted by Crippen LogP contribution is -2.28. The molecule has 0 saturated carbocycles. The summed E-state index contributed by atoms with van der Waals surface area (Å²) in [6.07, 6.45) is 10.5. The zero-order chi connectivity index (χ0) is 13.2. The minimum absolute atomic E-state index is 0.0602. The minimum Gasteiger partial charge on any atom is -0.359 e. The second kappa shape index (κ2) is 8.08. The summed E-state index contributed by atoms with van der Waals surface area (Å²) in [5.74, 6) is 0. The molecular weight excluding hydrogens is 222 g/mol. The van der Waals surface area contributed by atoms with Crippen LogP contribution in [0.25, 0.3) is 0 Å². The molecule has 1 unspecified atom stereocenters. The summed E-state index contributed by atoms with van der Waals surface area (Å²) in [5.41, 5.74) is 1.16. The summed E-state index contributed by atoms with van der Waals surface area (Å²) in [6, 6.07) is 8.10. The first-order valence-corrected chi connectivity index (χ1v) is 6.22. The van der Waals surface area contributed by atoms with E-state index in [1.165, 1.54) is 0 Å². The van der Waals surface area contributed by atoms with Crippen LogP contribution in [0.1, 0.15) is 19.5 Å². The predicted octanol–water partition coefficient (Wildman–Crippen LogP) is 2.93. The van der Waals surface area contributed by atoms with Crippen molar-refractivity contribution >= 4 is 0 Å². The molecule has 0 saturated heterocycles. The summed E-state index contributed by atoms with van der Waals surface area (Å²) in [5, 5.41) is 8.62. The SMILES string of the molecule is CCN1C=CC=CC1C#N.CCc1ccccn1. The van der Waals surface area contributed by atoms with Crippen molar-refractivity contribution < 1.29 is 0 Å². The topological polar surface area (TPSA) is 39.9 Å². The summed E-state index contributed by atoms with van der Waals surface area (Å²) in [7, 11) is 0. The van der Waals surface area contributed by atoms with Crippen molar-refractivity contribution in [2.75, 3.05) is 6.54 Å². The predicted molar refractivity (Wildman–Crippen MR) is 73.7 cm³/mol. The second-order valence-electron chi connectivity index (χ2n) is 3.81. The Labute approximate surface area is 109 Å². The molecule has 1 aromatic heterocycles. The number of hydrogen-bond donors (Lipinski definition) is 0. The van der Waals surface area contributed by atoms with Crippen LogP contribution in [-0.4, -0.2) is 22.5 Å². The van der Waals surface area contributed by atoms with Gasteiger partial charge in [0.2, 0.25) is 0 Å². The van der Waals surface area contributed by atoms with E-state index in [2.05, 4.69) is 18.0 Å². The molecule has 18 heavy (non-hydrogen) atoms. The van der Waals surface area contributed by atoms with Crippen LogP contribution < -0.4 is 0 Å². The zero-order valence-corrected chi connectivity index (χ0v) is 11.0. The zero-order valence-electron chi connectivity index (χ0n) is 11.0. The Bertz CT molecular complexity index is 429. The highest BCUT2D eigenvalue weighted by atomic mass is 15.1. The standard InChI is InChI=1S/C8H10N2.C7H9N/c1-2-10-6-4-3-5-8(10)7-9;1-2-7-5-3-4-6-8-7/h3-6,8H,2H2,1H3;3-6H,2H2,1H3. The fraction of sp³-hybridized carbons (Fsp3) is 0.333. The highest BCUT2D eigenvalue weighted by molar-refractivity contribution is 5.19. The maximum absolute atomic E-state index is 8.62. The third-order valence-corrected chi connectivity index (χ3v) is 2.63. The van der Waals surface area contributed by atoms with E-state index < -0.39 is 0 Å².